The van der Waals surface area contributed by atoms with Crippen LogP contribution in [0.5, 0.6) is 0 Å². The van der Waals surface area contributed by atoms with E-state index < -0.39 is 24.1 Å². The SMILES string of the molecule is COC(CN(C(=O)c1ccccc1C)C1CC(=O)N(c2ccc(NC(C)=O)cc2)C1=O)OC. The van der Waals surface area contributed by atoms with Gasteiger partial charge in [-0.15, -0.1) is 0 Å². The van der Waals surface area contributed by atoms with Crippen molar-refractivity contribution in [3.05, 3.63) is 59.7 Å². The van der Waals surface area contributed by atoms with Crippen LogP contribution in [-0.4, -0.2) is 61.6 Å². The zero-order valence-corrected chi connectivity index (χ0v) is 19.0. The number of rotatable bonds is 8. The van der Waals surface area contributed by atoms with E-state index in [-0.39, 0.29) is 24.8 Å². The number of aryl methyl sites for hydroxylation is 1. The van der Waals surface area contributed by atoms with Crippen LogP contribution in [0.1, 0.15) is 29.3 Å². The molecule has 0 aromatic heterocycles. The van der Waals surface area contributed by atoms with Gasteiger partial charge >= 0.3 is 0 Å². The van der Waals surface area contributed by atoms with Crippen molar-refractivity contribution in [1.29, 1.82) is 0 Å². The molecule has 9 heteroatoms. The van der Waals surface area contributed by atoms with Crippen molar-refractivity contribution in [1.82, 2.24) is 4.90 Å². The molecule has 3 rings (SSSR count). The summed E-state index contributed by atoms with van der Waals surface area (Å²) in [5.41, 5.74) is 2.09. The first-order valence-corrected chi connectivity index (χ1v) is 10.4. The average molecular weight is 453 g/mol. The molecule has 1 atom stereocenters. The molecule has 0 aliphatic carbocycles. The number of hydrogen-bond acceptors (Lipinski definition) is 6. The first-order valence-electron chi connectivity index (χ1n) is 10.4. The average Bonchev–Trinajstić information content (AvgIpc) is 3.08. The second-order valence-electron chi connectivity index (χ2n) is 7.69. The van der Waals surface area contributed by atoms with E-state index in [0.717, 1.165) is 10.5 Å². The second-order valence-corrected chi connectivity index (χ2v) is 7.69. The Kier molecular flexibility index (Phi) is 7.57. The van der Waals surface area contributed by atoms with Gasteiger partial charge in [-0.2, -0.15) is 0 Å². The first-order chi connectivity index (χ1) is 15.8. The first kappa shape index (κ1) is 24.1. The number of amides is 4. The van der Waals surface area contributed by atoms with Crippen LogP contribution in [0.25, 0.3) is 0 Å². The van der Waals surface area contributed by atoms with Gasteiger partial charge < -0.3 is 19.7 Å². The van der Waals surface area contributed by atoms with Gasteiger partial charge in [-0.1, -0.05) is 18.2 Å². The Balaban J connectivity index is 1.91. The molecule has 0 spiro atoms. The molecule has 174 valence electrons. The molecule has 9 nitrogen and oxygen atoms in total. The number of nitrogens with zero attached hydrogens (tertiary/aromatic N) is 2. The molecule has 1 unspecified atom stereocenters. The number of imide groups is 1. The molecule has 1 N–H and O–H groups in total. The molecule has 1 fully saturated rings. The maximum Gasteiger partial charge on any atom is 0.257 e. The minimum Gasteiger partial charge on any atom is -0.354 e. The summed E-state index contributed by atoms with van der Waals surface area (Å²) in [6.07, 6.45) is -0.934. The van der Waals surface area contributed by atoms with Crippen molar-refractivity contribution in [3.8, 4) is 0 Å². The molecular weight excluding hydrogens is 426 g/mol. The van der Waals surface area contributed by atoms with Crippen molar-refractivity contribution < 1.29 is 28.7 Å². The third-order valence-electron chi connectivity index (χ3n) is 5.45. The maximum atomic E-state index is 13.5. The van der Waals surface area contributed by atoms with Crippen molar-refractivity contribution in [2.45, 2.75) is 32.6 Å². The van der Waals surface area contributed by atoms with Crippen LogP contribution in [0.15, 0.2) is 48.5 Å². The molecule has 1 aliphatic rings. The largest absolute Gasteiger partial charge is 0.354 e. The predicted octanol–water partition coefficient (Wildman–Crippen LogP) is 2.35. The number of nitrogens with one attached hydrogen (secondary N) is 1. The van der Waals surface area contributed by atoms with Crippen LogP contribution >= 0.6 is 0 Å². The highest BCUT2D eigenvalue weighted by Crippen LogP contribution is 2.28. The summed E-state index contributed by atoms with van der Waals surface area (Å²) in [5, 5.41) is 2.64. The lowest BCUT2D eigenvalue weighted by Gasteiger charge is -2.30. The zero-order valence-electron chi connectivity index (χ0n) is 19.0. The number of benzene rings is 2. The summed E-state index contributed by atoms with van der Waals surface area (Å²) in [6.45, 7) is 3.17. The van der Waals surface area contributed by atoms with Crippen LogP contribution in [0.4, 0.5) is 11.4 Å². The Hall–Kier alpha value is -3.56. The van der Waals surface area contributed by atoms with Crippen molar-refractivity contribution in [2.24, 2.45) is 0 Å². The molecule has 1 heterocycles. The Morgan fingerprint density at radius 3 is 2.30 bits per heavy atom. The van der Waals surface area contributed by atoms with E-state index in [1.54, 1.807) is 49.4 Å². The van der Waals surface area contributed by atoms with E-state index in [0.29, 0.717) is 16.9 Å². The smallest absolute Gasteiger partial charge is 0.257 e. The Labute approximate surface area is 192 Å². The van der Waals surface area contributed by atoms with Gasteiger partial charge in [-0.25, -0.2) is 4.90 Å². The fraction of sp³-hybridized carbons (Fsp3) is 0.333. The zero-order chi connectivity index (χ0) is 24.1. The summed E-state index contributed by atoms with van der Waals surface area (Å²) in [6, 6.07) is 12.4. The van der Waals surface area contributed by atoms with Crippen LogP contribution in [0.3, 0.4) is 0 Å². The van der Waals surface area contributed by atoms with E-state index in [1.807, 2.05) is 6.07 Å². The van der Waals surface area contributed by atoms with Gasteiger partial charge in [0, 0.05) is 32.4 Å². The molecule has 33 heavy (non-hydrogen) atoms. The third kappa shape index (κ3) is 5.27. The third-order valence-corrected chi connectivity index (χ3v) is 5.45. The summed E-state index contributed by atoms with van der Waals surface area (Å²) in [5.74, 6) is -1.56. The number of anilines is 2. The molecule has 2 aromatic rings. The molecule has 2 aromatic carbocycles. The molecule has 0 radical (unpaired) electrons. The van der Waals surface area contributed by atoms with E-state index in [9.17, 15) is 19.2 Å². The lowest BCUT2D eigenvalue weighted by Crippen LogP contribution is -2.49. The number of ether oxygens (including phenoxy) is 2. The molecule has 4 amide bonds. The van der Waals surface area contributed by atoms with Crippen LogP contribution in [0.2, 0.25) is 0 Å². The van der Waals surface area contributed by atoms with Gasteiger partial charge in [0.15, 0.2) is 6.29 Å². The standard InChI is InChI=1S/C24H27N3O6/c1-15-7-5-6-8-19(15)23(30)26(14-22(32-3)33-4)20-13-21(29)27(24(20)31)18-11-9-17(10-12-18)25-16(2)28/h5-12,20,22H,13-14H2,1-4H3,(H,25,28). The summed E-state index contributed by atoms with van der Waals surface area (Å²) in [4.78, 5) is 53.3. The molecule has 0 saturated carbocycles. The highest BCUT2D eigenvalue weighted by Gasteiger charge is 2.45. The summed E-state index contributed by atoms with van der Waals surface area (Å²) < 4.78 is 10.5. The molecule has 1 aliphatic heterocycles. The quantitative estimate of drug-likeness (QED) is 0.486. The minimum absolute atomic E-state index is 0.0286. The van der Waals surface area contributed by atoms with Crippen molar-refractivity contribution in [2.75, 3.05) is 31.0 Å². The van der Waals surface area contributed by atoms with E-state index >= 15 is 0 Å². The number of methoxy groups -OCH3 is 2. The second kappa shape index (κ2) is 10.4. The van der Waals surface area contributed by atoms with Gasteiger partial charge in [0.05, 0.1) is 18.7 Å². The summed E-state index contributed by atoms with van der Waals surface area (Å²) in [7, 11) is 2.88. The fourth-order valence-electron chi connectivity index (χ4n) is 3.75. The maximum absolute atomic E-state index is 13.5. The van der Waals surface area contributed by atoms with Gasteiger partial charge in [0.25, 0.3) is 11.8 Å². The highest BCUT2D eigenvalue weighted by molar-refractivity contribution is 6.23. The van der Waals surface area contributed by atoms with Crippen LogP contribution in [-0.2, 0) is 23.9 Å². The number of carbonyl (C=O) groups excluding carboxylic acids is 4. The molecule has 0 bridgehead atoms. The lowest BCUT2D eigenvalue weighted by molar-refractivity contribution is -0.128. The Morgan fingerprint density at radius 2 is 1.73 bits per heavy atom. The summed E-state index contributed by atoms with van der Waals surface area (Å²) >= 11 is 0. The Bertz CT molecular complexity index is 1050. The topological polar surface area (TPSA) is 105 Å². The number of carbonyl (C=O) groups is 4. The van der Waals surface area contributed by atoms with Gasteiger partial charge in [-0.3, -0.25) is 19.2 Å². The predicted molar refractivity (Wildman–Crippen MR) is 122 cm³/mol. The Morgan fingerprint density at radius 1 is 1.09 bits per heavy atom. The van der Waals surface area contributed by atoms with E-state index in [4.69, 9.17) is 9.47 Å². The van der Waals surface area contributed by atoms with Gasteiger partial charge in [-0.05, 0) is 42.8 Å². The van der Waals surface area contributed by atoms with E-state index in [2.05, 4.69) is 5.32 Å². The molecule has 1 saturated heterocycles. The lowest BCUT2D eigenvalue weighted by atomic mass is 10.1. The minimum atomic E-state index is -1.01. The van der Waals surface area contributed by atoms with Gasteiger partial charge in [0.1, 0.15) is 6.04 Å². The van der Waals surface area contributed by atoms with Crippen molar-refractivity contribution in [3.63, 3.8) is 0 Å². The van der Waals surface area contributed by atoms with Gasteiger partial charge in [0.2, 0.25) is 11.8 Å². The molecular formula is C24H27N3O6. The van der Waals surface area contributed by atoms with Crippen LogP contribution in [0, 0.1) is 6.92 Å². The number of hydrogen-bond donors (Lipinski definition) is 1. The van der Waals surface area contributed by atoms with Crippen molar-refractivity contribution >= 4 is 35.0 Å². The fourth-order valence-corrected chi connectivity index (χ4v) is 3.75. The normalized spacial score (nSPS) is 15.8. The highest BCUT2D eigenvalue weighted by atomic mass is 16.7. The monoisotopic (exact) mass is 453 g/mol. The van der Waals surface area contributed by atoms with E-state index in [1.165, 1.54) is 26.0 Å². The van der Waals surface area contributed by atoms with Crippen LogP contribution < -0.4 is 10.2 Å².